The topological polar surface area (TPSA) is 52.3 Å². The quantitative estimate of drug-likeness (QED) is 0.828. The highest BCUT2D eigenvalue weighted by molar-refractivity contribution is 5.70. The smallest absolute Gasteiger partial charge is 0.307 e. The summed E-state index contributed by atoms with van der Waals surface area (Å²) < 4.78 is 5.40. The molecule has 2 atom stereocenters. The number of hydrogen-bond acceptors (Lipinski definition) is 3. The van der Waals surface area contributed by atoms with E-state index >= 15 is 0 Å². The maximum atomic E-state index is 11.8. The number of ether oxygens (including phenoxy) is 1. The normalized spacial score (nSPS) is 14.8. The minimum absolute atomic E-state index is 0.130. The summed E-state index contributed by atoms with van der Waals surface area (Å²) in [4.78, 5) is 11.8. The fourth-order valence-corrected chi connectivity index (χ4v) is 2.11. The number of carbonyl (C=O) groups is 1. The molecule has 1 aromatic rings. The standard InChI is InChI=1S/C16H25NO2/c1-12(13-8-6-5-7-9-13)19-15(18)10-14(17)11-16(2,3)4/h5-9,12,14H,10-11,17H2,1-4H3. The van der Waals surface area contributed by atoms with E-state index in [4.69, 9.17) is 10.5 Å². The van der Waals surface area contributed by atoms with Gasteiger partial charge in [0.2, 0.25) is 0 Å². The highest BCUT2D eigenvalue weighted by atomic mass is 16.5. The molecule has 3 heteroatoms. The number of rotatable bonds is 5. The third-order valence-corrected chi connectivity index (χ3v) is 2.88. The first kappa shape index (κ1) is 15.7. The summed E-state index contributed by atoms with van der Waals surface area (Å²) in [5.41, 5.74) is 7.10. The van der Waals surface area contributed by atoms with Gasteiger partial charge in [0.05, 0.1) is 6.42 Å². The molecule has 1 aromatic carbocycles. The van der Waals surface area contributed by atoms with Crippen LogP contribution in [0.25, 0.3) is 0 Å². The van der Waals surface area contributed by atoms with E-state index < -0.39 is 0 Å². The Morgan fingerprint density at radius 1 is 1.26 bits per heavy atom. The molecule has 0 spiro atoms. The van der Waals surface area contributed by atoms with Crippen LogP contribution in [0, 0.1) is 5.41 Å². The second-order valence-electron chi connectivity index (χ2n) is 6.27. The van der Waals surface area contributed by atoms with Crippen molar-refractivity contribution in [3.8, 4) is 0 Å². The zero-order valence-corrected chi connectivity index (χ0v) is 12.3. The molecule has 0 amide bonds. The lowest BCUT2D eigenvalue weighted by molar-refractivity contribution is -0.149. The molecule has 0 radical (unpaired) electrons. The molecule has 2 unspecified atom stereocenters. The summed E-state index contributed by atoms with van der Waals surface area (Å²) in [5.74, 6) is -0.229. The molecule has 0 heterocycles. The van der Waals surface area contributed by atoms with Crippen molar-refractivity contribution >= 4 is 5.97 Å². The first-order valence-corrected chi connectivity index (χ1v) is 6.78. The maximum Gasteiger partial charge on any atom is 0.307 e. The van der Waals surface area contributed by atoms with E-state index in [9.17, 15) is 4.79 Å². The van der Waals surface area contributed by atoms with Gasteiger partial charge in [-0.05, 0) is 24.3 Å². The van der Waals surface area contributed by atoms with E-state index in [0.29, 0.717) is 0 Å². The summed E-state index contributed by atoms with van der Waals surface area (Å²) in [6.45, 7) is 8.23. The van der Waals surface area contributed by atoms with Crippen LogP contribution in [0.4, 0.5) is 0 Å². The molecule has 0 aromatic heterocycles. The van der Waals surface area contributed by atoms with E-state index in [2.05, 4.69) is 20.8 Å². The van der Waals surface area contributed by atoms with Crippen molar-refractivity contribution in [2.75, 3.05) is 0 Å². The van der Waals surface area contributed by atoms with Crippen molar-refractivity contribution in [1.82, 2.24) is 0 Å². The summed E-state index contributed by atoms with van der Waals surface area (Å²) >= 11 is 0. The van der Waals surface area contributed by atoms with Crippen molar-refractivity contribution in [3.05, 3.63) is 35.9 Å². The van der Waals surface area contributed by atoms with E-state index in [1.165, 1.54) is 0 Å². The Balaban J connectivity index is 2.43. The van der Waals surface area contributed by atoms with E-state index in [0.717, 1.165) is 12.0 Å². The van der Waals surface area contributed by atoms with Crippen LogP contribution < -0.4 is 5.73 Å². The number of nitrogens with two attached hydrogens (primary N) is 1. The first-order chi connectivity index (χ1) is 8.78. The molecular weight excluding hydrogens is 238 g/mol. The van der Waals surface area contributed by atoms with Crippen LogP contribution in [0.3, 0.4) is 0 Å². The van der Waals surface area contributed by atoms with Crippen molar-refractivity contribution in [1.29, 1.82) is 0 Å². The molecule has 0 saturated heterocycles. The number of hydrogen-bond donors (Lipinski definition) is 1. The summed E-state index contributed by atoms with van der Waals surface area (Å²) in [7, 11) is 0. The van der Waals surface area contributed by atoms with Gasteiger partial charge in [0.1, 0.15) is 6.10 Å². The molecule has 0 fully saturated rings. The highest BCUT2D eigenvalue weighted by Gasteiger charge is 2.20. The molecule has 106 valence electrons. The third kappa shape index (κ3) is 6.39. The summed E-state index contributed by atoms with van der Waals surface area (Å²) in [5, 5.41) is 0. The average Bonchev–Trinajstić information content (AvgIpc) is 2.27. The SMILES string of the molecule is CC(OC(=O)CC(N)CC(C)(C)C)c1ccccc1. The zero-order valence-electron chi connectivity index (χ0n) is 12.3. The molecule has 0 aliphatic carbocycles. The Hall–Kier alpha value is -1.35. The zero-order chi connectivity index (χ0) is 14.5. The van der Waals surface area contributed by atoms with Crippen LogP contribution in [0.1, 0.15) is 52.2 Å². The second-order valence-corrected chi connectivity index (χ2v) is 6.27. The lowest BCUT2D eigenvalue weighted by atomic mass is 9.87. The second kappa shape index (κ2) is 6.71. The summed E-state index contributed by atoms with van der Waals surface area (Å²) in [6, 6.07) is 9.57. The van der Waals surface area contributed by atoms with Gasteiger partial charge in [0.25, 0.3) is 0 Å². The number of esters is 1. The maximum absolute atomic E-state index is 11.8. The molecule has 0 aliphatic rings. The monoisotopic (exact) mass is 263 g/mol. The first-order valence-electron chi connectivity index (χ1n) is 6.78. The van der Waals surface area contributed by atoms with E-state index in [1.807, 2.05) is 37.3 Å². The van der Waals surface area contributed by atoms with Gasteiger partial charge in [-0.15, -0.1) is 0 Å². The average molecular weight is 263 g/mol. The van der Waals surface area contributed by atoms with E-state index in [-0.39, 0.29) is 30.0 Å². The molecular formula is C16H25NO2. The summed E-state index contributed by atoms with van der Waals surface area (Å²) in [6.07, 6.45) is 0.853. The molecule has 3 nitrogen and oxygen atoms in total. The number of carbonyl (C=O) groups excluding carboxylic acids is 1. The molecule has 0 saturated carbocycles. The minimum atomic E-state index is -0.229. The largest absolute Gasteiger partial charge is 0.458 e. The molecule has 0 aliphatic heterocycles. The molecule has 19 heavy (non-hydrogen) atoms. The van der Waals surface area contributed by atoms with Crippen molar-refractivity contribution < 1.29 is 9.53 Å². The van der Waals surface area contributed by atoms with Crippen molar-refractivity contribution in [2.24, 2.45) is 11.1 Å². The van der Waals surface area contributed by atoms with Crippen LogP contribution in [-0.4, -0.2) is 12.0 Å². The van der Waals surface area contributed by atoms with Gasteiger partial charge in [-0.1, -0.05) is 51.1 Å². The lowest BCUT2D eigenvalue weighted by Crippen LogP contribution is -2.29. The van der Waals surface area contributed by atoms with Gasteiger partial charge in [0.15, 0.2) is 0 Å². The van der Waals surface area contributed by atoms with Crippen molar-refractivity contribution in [3.63, 3.8) is 0 Å². The van der Waals surface area contributed by atoms with Crippen LogP contribution in [-0.2, 0) is 9.53 Å². The Morgan fingerprint density at radius 2 is 1.84 bits per heavy atom. The Labute approximate surface area is 116 Å². The predicted octanol–water partition coefficient (Wildman–Crippen LogP) is 3.44. The van der Waals surface area contributed by atoms with Crippen LogP contribution in [0.15, 0.2) is 30.3 Å². The number of benzene rings is 1. The van der Waals surface area contributed by atoms with Gasteiger partial charge in [-0.3, -0.25) is 4.79 Å². The van der Waals surface area contributed by atoms with Gasteiger partial charge in [-0.2, -0.15) is 0 Å². The van der Waals surface area contributed by atoms with Crippen LogP contribution in [0.5, 0.6) is 0 Å². The highest BCUT2D eigenvalue weighted by Crippen LogP contribution is 2.22. The van der Waals surface area contributed by atoms with Crippen LogP contribution in [0.2, 0.25) is 0 Å². The fraction of sp³-hybridized carbons (Fsp3) is 0.562. The van der Waals surface area contributed by atoms with Gasteiger partial charge in [0, 0.05) is 6.04 Å². The minimum Gasteiger partial charge on any atom is -0.458 e. The fourth-order valence-electron chi connectivity index (χ4n) is 2.11. The van der Waals surface area contributed by atoms with Gasteiger partial charge in [-0.25, -0.2) is 0 Å². The Kier molecular flexibility index (Phi) is 5.55. The Morgan fingerprint density at radius 3 is 2.37 bits per heavy atom. The molecule has 0 bridgehead atoms. The molecule has 1 rings (SSSR count). The lowest BCUT2D eigenvalue weighted by Gasteiger charge is -2.23. The Bertz CT molecular complexity index is 395. The third-order valence-electron chi connectivity index (χ3n) is 2.88. The molecule has 2 N–H and O–H groups in total. The van der Waals surface area contributed by atoms with Gasteiger partial charge >= 0.3 is 5.97 Å². The van der Waals surface area contributed by atoms with Gasteiger partial charge < -0.3 is 10.5 Å². The van der Waals surface area contributed by atoms with E-state index in [1.54, 1.807) is 0 Å². The van der Waals surface area contributed by atoms with Crippen LogP contribution >= 0.6 is 0 Å². The predicted molar refractivity (Wildman–Crippen MR) is 77.6 cm³/mol. The van der Waals surface area contributed by atoms with Crippen molar-refractivity contribution in [2.45, 2.75) is 52.7 Å².